The van der Waals surface area contributed by atoms with E-state index in [1.54, 1.807) is 0 Å². The van der Waals surface area contributed by atoms with E-state index in [-0.39, 0.29) is 5.54 Å². The normalized spacial score (nSPS) is 32.1. The zero-order chi connectivity index (χ0) is 10.1. The lowest BCUT2D eigenvalue weighted by Crippen LogP contribution is -2.53. The van der Waals surface area contributed by atoms with Crippen LogP contribution >= 0.6 is 11.8 Å². The van der Waals surface area contributed by atoms with Gasteiger partial charge in [0.15, 0.2) is 0 Å². The molecular formula is C10H22N2S. The fraction of sp³-hybridized carbons (Fsp3) is 1.00. The van der Waals surface area contributed by atoms with Crippen LogP contribution in [0, 0.1) is 0 Å². The Bertz CT molecular complexity index is 165. The summed E-state index contributed by atoms with van der Waals surface area (Å²) in [5.41, 5.74) is 5.97. The molecule has 1 saturated heterocycles. The molecule has 13 heavy (non-hydrogen) atoms. The van der Waals surface area contributed by atoms with Crippen LogP contribution < -0.4 is 5.73 Å². The molecule has 78 valence electrons. The standard InChI is InChI=1S/C10H22N2S/c1-8-9(2)13-6-5-12(8)7-10(3,4)11/h8-9H,5-7,11H2,1-4H3. The molecule has 0 bridgehead atoms. The molecule has 1 rings (SSSR count). The molecule has 0 radical (unpaired) electrons. The summed E-state index contributed by atoms with van der Waals surface area (Å²) in [5, 5.41) is 0.746. The lowest BCUT2D eigenvalue weighted by Gasteiger charge is -2.40. The Labute approximate surface area is 86.2 Å². The molecule has 0 aromatic rings. The number of nitrogens with two attached hydrogens (primary N) is 1. The van der Waals surface area contributed by atoms with Crippen molar-refractivity contribution >= 4 is 11.8 Å². The number of rotatable bonds is 2. The SMILES string of the molecule is CC1SCCN(CC(C)(C)N)C1C. The Hall–Kier alpha value is 0.270. The predicted octanol–water partition coefficient (Wildman–Crippen LogP) is 1.55. The smallest absolute Gasteiger partial charge is 0.0226 e. The molecule has 0 aliphatic carbocycles. The first-order valence-corrected chi connectivity index (χ1v) is 6.09. The second-order valence-corrected chi connectivity index (χ2v) is 6.26. The predicted molar refractivity (Wildman–Crippen MR) is 61.2 cm³/mol. The zero-order valence-electron chi connectivity index (χ0n) is 9.21. The quantitative estimate of drug-likeness (QED) is 0.736. The first-order chi connectivity index (χ1) is 5.90. The molecule has 1 aliphatic heterocycles. The number of nitrogens with zero attached hydrogens (tertiary/aromatic N) is 1. The van der Waals surface area contributed by atoms with Gasteiger partial charge in [-0.3, -0.25) is 4.90 Å². The van der Waals surface area contributed by atoms with Gasteiger partial charge in [-0.2, -0.15) is 11.8 Å². The molecule has 0 amide bonds. The van der Waals surface area contributed by atoms with Crippen LogP contribution in [-0.4, -0.2) is 40.6 Å². The minimum atomic E-state index is -0.0595. The van der Waals surface area contributed by atoms with Gasteiger partial charge in [-0.15, -0.1) is 0 Å². The van der Waals surface area contributed by atoms with Crippen LogP contribution in [0.1, 0.15) is 27.7 Å². The average molecular weight is 202 g/mol. The molecular weight excluding hydrogens is 180 g/mol. The van der Waals surface area contributed by atoms with Crippen molar-refractivity contribution in [3.05, 3.63) is 0 Å². The third-order valence-electron chi connectivity index (χ3n) is 2.63. The molecule has 3 heteroatoms. The third-order valence-corrected chi connectivity index (χ3v) is 3.96. The Kier molecular flexibility index (Phi) is 3.66. The number of thioether (sulfide) groups is 1. The van der Waals surface area contributed by atoms with Gasteiger partial charge in [0, 0.05) is 35.7 Å². The van der Waals surface area contributed by atoms with Gasteiger partial charge in [0.1, 0.15) is 0 Å². The summed E-state index contributed by atoms with van der Waals surface area (Å²) >= 11 is 2.07. The van der Waals surface area contributed by atoms with E-state index < -0.39 is 0 Å². The molecule has 0 aromatic heterocycles. The Balaban J connectivity index is 2.49. The van der Waals surface area contributed by atoms with Crippen molar-refractivity contribution < 1.29 is 0 Å². The van der Waals surface area contributed by atoms with Crippen molar-refractivity contribution in [1.82, 2.24) is 4.90 Å². The van der Waals surface area contributed by atoms with Gasteiger partial charge >= 0.3 is 0 Å². The highest BCUT2D eigenvalue weighted by atomic mass is 32.2. The van der Waals surface area contributed by atoms with E-state index in [0.717, 1.165) is 11.8 Å². The van der Waals surface area contributed by atoms with Crippen LogP contribution in [-0.2, 0) is 0 Å². The first-order valence-electron chi connectivity index (χ1n) is 5.05. The van der Waals surface area contributed by atoms with Crippen molar-refractivity contribution in [3.8, 4) is 0 Å². The van der Waals surface area contributed by atoms with Crippen molar-refractivity contribution in [2.45, 2.75) is 44.5 Å². The molecule has 2 nitrogen and oxygen atoms in total. The minimum Gasteiger partial charge on any atom is -0.324 e. The number of hydrogen-bond acceptors (Lipinski definition) is 3. The highest BCUT2D eigenvalue weighted by Crippen LogP contribution is 2.24. The maximum absolute atomic E-state index is 6.03. The molecule has 0 aromatic carbocycles. The van der Waals surface area contributed by atoms with Crippen molar-refractivity contribution in [1.29, 1.82) is 0 Å². The van der Waals surface area contributed by atoms with Gasteiger partial charge in [-0.05, 0) is 20.8 Å². The van der Waals surface area contributed by atoms with Crippen molar-refractivity contribution in [2.24, 2.45) is 5.73 Å². The fourth-order valence-electron chi connectivity index (χ4n) is 1.74. The summed E-state index contributed by atoms with van der Waals surface area (Å²) in [5.74, 6) is 1.25. The van der Waals surface area contributed by atoms with Gasteiger partial charge in [0.05, 0.1) is 0 Å². The molecule has 0 spiro atoms. The summed E-state index contributed by atoms with van der Waals surface area (Å²) in [6.07, 6.45) is 0. The fourth-order valence-corrected chi connectivity index (χ4v) is 2.90. The Morgan fingerprint density at radius 3 is 2.62 bits per heavy atom. The molecule has 2 atom stereocenters. The largest absolute Gasteiger partial charge is 0.324 e. The Morgan fingerprint density at radius 1 is 1.46 bits per heavy atom. The zero-order valence-corrected chi connectivity index (χ0v) is 10.0. The van der Waals surface area contributed by atoms with E-state index in [0.29, 0.717) is 6.04 Å². The van der Waals surface area contributed by atoms with Gasteiger partial charge in [-0.25, -0.2) is 0 Å². The first kappa shape index (κ1) is 11.3. The summed E-state index contributed by atoms with van der Waals surface area (Å²) in [6, 6.07) is 0.668. The number of hydrogen-bond donors (Lipinski definition) is 1. The minimum absolute atomic E-state index is 0.0595. The van der Waals surface area contributed by atoms with Gasteiger partial charge < -0.3 is 5.73 Å². The van der Waals surface area contributed by atoms with Crippen LogP contribution in [0.15, 0.2) is 0 Å². The monoisotopic (exact) mass is 202 g/mol. The van der Waals surface area contributed by atoms with E-state index in [1.165, 1.54) is 12.3 Å². The maximum Gasteiger partial charge on any atom is 0.0226 e. The Morgan fingerprint density at radius 2 is 2.08 bits per heavy atom. The van der Waals surface area contributed by atoms with Crippen molar-refractivity contribution in [2.75, 3.05) is 18.8 Å². The van der Waals surface area contributed by atoms with Crippen LogP contribution in [0.2, 0.25) is 0 Å². The lowest BCUT2D eigenvalue weighted by atomic mass is 10.0. The highest BCUT2D eigenvalue weighted by Gasteiger charge is 2.28. The molecule has 2 N–H and O–H groups in total. The van der Waals surface area contributed by atoms with E-state index in [1.807, 2.05) is 0 Å². The third kappa shape index (κ3) is 3.49. The second-order valence-electron chi connectivity index (χ2n) is 4.78. The van der Waals surface area contributed by atoms with Crippen LogP contribution in [0.25, 0.3) is 0 Å². The summed E-state index contributed by atoms with van der Waals surface area (Å²) in [4.78, 5) is 2.52. The molecule has 1 heterocycles. The lowest BCUT2D eigenvalue weighted by molar-refractivity contribution is 0.177. The second kappa shape index (κ2) is 4.20. The summed E-state index contributed by atoms with van der Waals surface area (Å²) < 4.78 is 0. The average Bonchev–Trinajstić information content (AvgIpc) is 1.96. The van der Waals surface area contributed by atoms with Crippen LogP contribution in [0.4, 0.5) is 0 Å². The topological polar surface area (TPSA) is 29.3 Å². The van der Waals surface area contributed by atoms with E-state index in [4.69, 9.17) is 5.73 Å². The van der Waals surface area contributed by atoms with E-state index in [2.05, 4.69) is 44.4 Å². The highest BCUT2D eigenvalue weighted by molar-refractivity contribution is 8.00. The van der Waals surface area contributed by atoms with Crippen LogP contribution in [0.3, 0.4) is 0 Å². The van der Waals surface area contributed by atoms with Gasteiger partial charge in [-0.1, -0.05) is 6.92 Å². The molecule has 2 unspecified atom stereocenters. The van der Waals surface area contributed by atoms with Crippen molar-refractivity contribution in [3.63, 3.8) is 0 Å². The summed E-state index contributed by atoms with van der Waals surface area (Å²) in [6.45, 7) is 11.0. The van der Waals surface area contributed by atoms with E-state index in [9.17, 15) is 0 Å². The molecule has 0 saturated carbocycles. The van der Waals surface area contributed by atoms with Gasteiger partial charge in [0.2, 0.25) is 0 Å². The van der Waals surface area contributed by atoms with Crippen LogP contribution in [0.5, 0.6) is 0 Å². The molecule has 1 aliphatic rings. The summed E-state index contributed by atoms with van der Waals surface area (Å²) in [7, 11) is 0. The van der Waals surface area contributed by atoms with E-state index >= 15 is 0 Å². The van der Waals surface area contributed by atoms with Gasteiger partial charge in [0.25, 0.3) is 0 Å². The maximum atomic E-state index is 6.03. The molecule has 1 fully saturated rings.